The lowest BCUT2D eigenvalue weighted by Gasteiger charge is -2.26. The van der Waals surface area contributed by atoms with Gasteiger partial charge in [-0.3, -0.25) is 43.3 Å². The van der Waals surface area contributed by atoms with Gasteiger partial charge >= 0.3 is 0 Å². The van der Waals surface area contributed by atoms with Crippen molar-refractivity contribution in [1.29, 1.82) is 0 Å². The predicted molar refractivity (Wildman–Crippen MR) is 321 cm³/mol. The van der Waals surface area contributed by atoms with Crippen LogP contribution in [0.3, 0.4) is 0 Å². The van der Waals surface area contributed by atoms with E-state index in [2.05, 4.69) is 58.8 Å². The van der Waals surface area contributed by atoms with E-state index < -0.39 is 77.6 Å². The molecule has 6 unspecified atom stereocenters. The van der Waals surface area contributed by atoms with Crippen molar-refractivity contribution in [3.8, 4) is 5.75 Å². The highest BCUT2D eigenvalue weighted by Gasteiger charge is 2.33. The van der Waals surface area contributed by atoms with Crippen molar-refractivity contribution in [2.75, 3.05) is 13.1 Å². The second-order valence-corrected chi connectivity index (χ2v) is 21.7. The fourth-order valence-corrected chi connectivity index (χ4v) is 9.18. The van der Waals surface area contributed by atoms with E-state index in [9.17, 15) is 43.5 Å². The molecule has 6 atom stereocenters. The zero-order chi connectivity index (χ0) is 60.9. The second kappa shape index (κ2) is 39.7. The molecular weight excluding hydrogens is 1060 g/mol. The molecule has 0 fully saturated rings. The Kier molecular flexibility index (Phi) is 33.3. The lowest BCUT2D eigenvalue weighted by Crippen LogP contribution is -2.57. The molecule has 1 heterocycles. The number of H-pyrrole nitrogens is 1. The normalized spacial score (nSPS) is 13.5. The molecule has 458 valence electrons. The quantitative estimate of drug-likeness (QED) is 0.0218. The largest absolute Gasteiger partial charge is 0.508 e. The molecule has 2 aromatic carbocycles. The summed E-state index contributed by atoms with van der Waals surface area (Å²) < 4.78 is 0. The van der Waals surface area contributed by atoms with Gasteiger partial charge in [0, 0.05) is 44.1 Å². The summed E-state index contributed by atoms with van der Waals surface area (Å²) in [4.78, 5) is 126. The number of hydrogen-bond donors (Lipinski definition) is 12. The number of benzene rings is 2. The number of nitrogens with one attached hydrogen (secondary N) is 7. The van der Waals surface area contributed by atoms with Gasteiger partial charge in [-0.25, -0.2) is 9.98 Å². The van der Waals surface area contributed by atoms with Crippen molar-refractivity contribution in [1.82, 2.24) is 41.9 Å². The Morgan fingerprint density at radius 2 is 1.14 bits per heavy atom. The molecule has 23 heteroatoms. The number of nitrogens with zero attached hydrogens (tertiary/aromatic N) is 3. The van der Waals surface area contributed by atoms with Crippen molar-refractivity contribution in [2.45, 2.75) is 205 Å². The number of aromatic amines is 1. The number of carbonyl (C=O) groups excluding carboxylic acids is 8. The minimum Gasteiger partial charge on any atom is -0.508 e. The molecule has 1 aromatic heterocycles. The van der Waals surface area contributed by atoms with E-state index in [-0.39, 0.29) is 100 Å². The monoisotopic (exact) mass is 1150 g/mol. The van der Waals surface area contributed by atoms with E-state index in [0.717, 1.165) is 19.3 Å². The maximum absolute atomic E-state index is 14.5. The summed E-state index contributed by atoms with van der Waals surface area (Å²) in [5, 5.41) is 26.3. The number of imidazole rings is 1. The highest BCUT2D eigenvalue weighted by atomic mass is 16.3. The smallest absolute Gasteiger partial charge is 0.268 e. The number of amides is 8. The van der Waals surface area contributed by atoms with Crippen LogP contribution in [-0.4, -0.2) is 123 Å². The molecule has 0 aliphatic heterocycles. The Morgan fingerprint density at radius 3 is 1.72 bits per heavy atom. The molecular formula is C60H94N14O9. The van der Waals surface area contributed by atoms with Gasteiger partial charge in [0.1, 0.15) is 47.7 Å². The van der Waals surface area contributed by atoms with Gasteiger partial charge in [0.05, 0.1) is 6.33 Å². The molecule has 0 aliphatic rings. The van der Waals surface area contributed by atoms with Crippen molar-refractivity contribution in [3.05, 3.63) is 83.9 Å². The molecule has 0 aliphatic carbocycles. The third-order valence-corrected chi connectivity index (χ3v) is 13.9. The second-order valence-electron chi connectivity index (χ2n) is 21.7. The first-order valence-electron chi connectivity index (χ1n) is 29.6. The van der Waals surface area contributed by atoms with E-state index >= 15 is 0 Å². The van der Waals surface area contributed by atoms with Crippen LogP contribution in [-0.2, 0) is 57.6 Å². The predicted octanol–water partition coefficient (Wildman–Crippen LogP) is 3.84. The van der Waals surface area contributed by atoms with E-state index in [1.165, 1.54) is 89.4 Å². The van der Waals surface area contributed by atoms with Gasteiger partial charge in [0.25, 0.3) is 11.8 Å². The fraction of sp³-hybridized carbons (Fsp3) is 0.583. The van der Waals surface area contributed by atoms with Crippen LogP contribution in [0, 0.1) is 5.92 Å². The minimum absolute atomic E-state index is 0.00313. The molecule has 0 spiro atoms. The van der Waals surface area contributed by atoms with E-state index in [1.54, 1.807) is 42.5 Å². The van der Waals surface area contributed by atoms with E-state index in [4.69, 9.17) is 22.9 Å². The van der Waals surface area contributed by atoms with Crippen molar-refractivity contribution in [3.63, 3.8) is 0 Å². The molecule has 0 radical (unpaired) electrons. The average Bonchev–Trinajstić information content (AvgIpc) is 4.09. The van der Waals surface area contributed by atoms with Gasteiger partial charge in [-0.15, -0.1) is 0 Å². The number of phenols is 1. The summed E-state index contributed by atoms with van der Waals surface area (Å²) in [7, 11) is 0. The number of aromatic nitrogens is 2. The standard InChI is InChI=1S/C60H94N14O9/c1-5-6-7-8-9-10-11-12-13-14-15-16-20-27-52(76)68-41(4)54(78)72-50(36-43-28-30-45(75)31-29-43)59(83)74-51(35-42-23-18-17-19-24-42)58(82)70-46(25-21-32-61)55(79)69-47(26-22-33-66-60(63)64)56(80)73-49(34-40(2)3)57(81)71-48(53(62)77)37-44-38-65-39-67-44/h17-19,23-24,28-31,38-41,47-51,75H,5-16,20-22,25-27,32-37,61H2,1-4H3,(H2,62,77)(H,65,67)(H,68,76)(H,69,79)(H,71,81)(H,72,78)(H,73,80)(H,74,83)(H4,63,64,66). The van der Waals surface area contributed by atoms with Crippen LogP contribution in [0.4, 0.5) is 0 Å². The third-order valence-electron chi connectivity index (χ3n) is 13.9. The van der Waals surface area contributed by atoms with Gasteiger partial charge in [-0.2, -0.15) is 0 Å². The Bertz CT molecular complexity index is 2500. The zero-order valence-corrected chi connectivity index (χ0v) is 49.2. The van der Waals surface area contributed by atoms with Crippen LogP contribution in [0.1, 0.15) is 167 Å². The van der Waals surface area contributed by atoms with E-state index in [1.807, 2.05) is 13.8 Å². The number of nitrogens with two attached hydrogens (primary N) is 4. The van der Waals surface area contributed by atoms with Crippen LogP contribution in [0.5, 0.6) is 5.75 Å². The Hall–Kier alpha value is -7.69. The fourth-order valence-electron chi connectivity index (χ4n) is 9.18. The summed E-state index contributed by atoms with van der Waals surface area (Å²) in [6.07, 6.45) is 18.4. The Balaban J connectivity index is 1.84. The topological polar surface area (TPSA) is 386 Å². The molecule has 8 amide bonds. The molecule has 16 N–H and O–H groups in total. The molecule has 3 aromatic rings. The highest BCUT2D eigenvalue weighted by Crippen LogP contribution is 2.16. The maximum atomic E-state index is 14.5. The highest BCUT2D eigenvalue weighted by molar-refractivity contribution is 6.40. The Morgan fingerprint density at radius 1 is 0.590 bits per heavy atom. The molecule has 83 heavy (non-hydrogen) atoms. The summed E-state index contributed by atoms with van der Waals surface area (Å²) in [5.74, 6) is -6.24. The minimum atomic E-state index is -1.41. The number of carbonyl (C=O) groups is 8. The first-order chi connectivity index (χ1) is 39.8. The van der Waals surface area contributed by atoms with Crippen molar-refractivity contribution in [2.24, 2.45) is 38.8 Å². The number of aromatic hydroxyl groups is 1. The van der Waals surface area contributed by atoms with Crippen LogP contribution >= 0.6 is 0 Å². The van der Waals surface area contributed by atoms with Crippen LogP contribution < -0.4 is 54.8 Å². The number of unbranched alkanes of at least 4 members (excludes halogenated alkanes) is 12. The van der Waals surface area contributed by atoms with Crippen LogP contribution in [0.25, 0.3) is 0 Å². The van der Waals surface area contributed by atoms with E-state index in [0.29, 0.717) is 23.2 Å². The van der Waals surface area contributed by atoms with Gasteiger partial charge in [0.15, 0.2) is 5.96 Å². The van der Waals surface area contributed by atoms with Gasteiger partial charge in [-0.1, -0.05) is 140 Å². The summed E-state index contributed by atoms with van der Waals surface area (Å²) in [6, 6.07) is 7.33. The number of rotatable bonds is 42. The molecule has 3 rings (SSSR count). The van der Waals surface area contributed by atoms with Crippen molar-refractivity contribution < 1.29 is 43.5 Å². The summed E-state index contributed by atoms with van der Waals surface area (Å²) in [5.41, 5.74) is 24.0. The molecule has 23 nitrogen and oxygen atoms in total. The first kappa shape index (κ1) is 69.6. The average molecular weight is 1160 g/mol. The third kappa shape index (κ3) is 29.2. The number of guanidine groups is 1. The summed E-state index contributed by atoms with van der Waals surface area (Å²) >= 11 is 0. The molecule has 0 bridgehead atoms. The summed E-state index contributed by atoms with van der Waals surface area (Å²) in [6.45, 7) is 7.56. The SMILES string of the molecule is CCCCCCCCCCCCCCCC(=O)NC(C)C(=O)NC(Cc1ccc(O)cc1)C(=O)NC(Cc1ccccc1)C(=O)N=C(CCCN)C(=O)NC(CCCN=C(N)N)C(=O)NC(CC(C)C)C(=O)NC(Cc1cnc[nH]1)C(N)=O. The lowest BCUT2D eigenvalue weighted by atomic mass is 10.0. The number of hydrogen-bond acceptors (Lipinski definition) is 12. The number of primary amides is 1. The Labute approximate surface area is 489 Å². The van der Waals surface area contributed by atoms with Gasteiger partial charge in [-0.05, 0) is 81.2 Å². The first-order valence-corrected chi connectivity index (χ1v) is 29.6. The van der Waals surface area contributed by atoms with Crippen LogP contribution in [0.2, 0.25) is 0 Å². The molecule has 0 saturated carbocycles. The van der Waals surface area contributed by atoms with Crippen molar-refractivity contribution >= 4 is 58.9 Å². The number of aliphatic imine (C=N–C) groups is 2. The van der Waals surface area contributed by atoms with Gasteiger partial charge < -0.3 is 64.9 Å². The molecule has 0 saturated heterocycles. The lowest BCUT2D eigenvalue weighted by molar-refractivity contribution is -0.133. The maximum Gasteiger partial charge on any atom is 0.268 e. The van der Waals surface area contributed by atoms with Crippen LogP contribution in [0.15, 0.2) is 77.1 Å². The zero-order valence-electron chi connectivity index (χ0n) is 49.2. The number of phenolic OH excluding ortho intramolecular Hbond substituents is 1. The van der Waals surface area contributed by atoms with Gasteiger partial charge in [0.2, 0.25) is 35.4 Å².